The molecule has 0 heterocycles. The second-order valence-electron chi connectivity index (χ2n) is 5.47. The number of hydrogen-bond donors (Lipinski definition) is 2. The van der Waals surface area contributed by atoms with Gasteiger partial charge in [-0.25, -0.2) is 0 Å². The number of rotatable bonds is 7. The van der Waals surface area contributed by atoms with Crippen molar-refractivity contribution in [2.45, 2.75) is 33.4 Å². The first-order chi connectivity index (χ1) is 10.4. The van der Waals surface area contributed by atoms with Gasteiger partial charge in [-0.15, -0.1) is 0 Å². The summed E-state index contributed by atoms with van der Waals surface area (Å²) in [6, 6.07) is 7.42. The van der Waals surface area contributed by atoms with Crippen LogP contribution < -0.4 is 10.6 Å². The Morgan fingerprint density at radius 2 is 1.86 bits per heavy atom. The molecular weight excluding hydrogens is 296 g/mol. The highest BCUT2D eigenvalue weighted by molar-refractivity contribution is 7.98. The molecule has 0 saturated carbocycles. The minimum atomic E-state index is -0.104. The molecule has 0 aliphatic heterocycles. The van der Waals surface area contributed by atoms with Crippen LogP contribution >= 0.6 is 11.8 Å². The molecule has 1 aromatic rings. The fourth-order valence-corrected chi connectivity index (χ4v) is 2.46. The Morgan fingerprint density at radius 3 is 2.41 bits per heavy atom. The standard InChI is InChI=1S/C17H24N2O2S/c1-12(2)9-16(20)18-10-14-5-7-15(8-6-14)17(21)19-13(3)11-22-4/h5-9,13H,10-11H2,1-4H3,(H,18,20)(H,19,21). The van der Waals surface area contributed by atoms with Crippen LogP contribution in [0.4, 0.5) is 0 Å². The SMILES string of the molecule is CSCC(C)NC(=O)c1ccc(CNC(=O)C=C(C)C)cc1. The molecule has 22 heavy (non-hydrogen) atoms. The maximum Gasteiger partial charge on any atom is 0.251 e. The summed E-state index contributed by atoms with van der Waals surface area (Å²) in [7, 11) is 0. The molecule has 4 nitrogen and oxygen atoms in total. The van der Waals surface area contributed by atoms with Crippen molar-refractivity contribution >= 4 is 23.6 Å². The smallest absolute Gasteiger partial charge is 0.251 e. The van der Waals surface area contributed by atoms with Crippen molar-refractivity contribution in [3.63, 3.8) is 0 Å². The number of thioether (sulfide) groups is 1. The summed E-state index contributed by atoms with van der Waals surface area (Å²) in [4.78, 5) is 23.6. The molecule has 1 aromatic carbocycles. The van der Waals surface area contributed by atoms with Crippen LogP contribution in [-0.4, -0.2) is 29.9 Å². The van der Waals surface area contributed by atoms with E-state index in [0.717, 1.165) is 16.9 Å². The topological polar surface area (TPSA) is 58.2 Å². The molecule has 0 spiro atoms. The van der Waals surface area contributed by atoms with E-state index in [9.17, 15) is 9.59 Å². The molecule has 0 aliphatic rings. The maximum atomic E-state index is 12.0. The second kappa shape index (κ2) is 9.30. The van der Waals surface area contributed by atoms with Gasteiger partial charge in [-0.1, -0.05) is 17.7 Å². The van der Waals surface area contributed by atoms with Crippen molar-refractivity contribution in [3.8, 4) is 0 Å². The van der Waals surface area contributed by atoms with E-state index < -0.39 is 0 Å². The van der Waals surface area contributed by atoms with Crippen LogP contribution in [0, 0.1) is 0 Å². The third kappa shape index (κ3) is 6.80. The number of hydrogen-bond acceptors (Lipinski definition) is 3. The lowest BCUT2D eigenvalue weighted by Gasteiger charge is -2.12. The highest BCUT2D eigenvalue weighted by atomic mass is 32.2. The number of carbonyl (C=O) groups is 2. The predicted octanol–water partition coefficient (Wildman–Crippen LogP) is 2.75. The summed E-state index contributed by atoms with van der Waals surface area (Å²) >= 11 is 1.70. The maximum absolute atomic E-state index is 12.0. The Kier molecular flexibility index (Phi) is 7.74. The summed E-state index contributed by atoms with van der Waals surface area (Å²) in [6.07, 6.45) is 3.58. The number of nitrogens with one attached hydrogen (secondary N) is 2. The van der Waals surface area contributed by atoms with E-state index in [1.807, 2.05) is 39.2 Å². The van der Waals surface area contributed by atoms with Crippen molar-refractivity contribution in [2.75, 3.05) is 12.0 Å². The number of carbonyl (C=O) groups excluding carboxylic acids is 2. The number of amides is 2. The van der Waals surface area contributed by atoms with E-state index in [1.54, 1.807) is 30.0 Å². The van der Waals surface area contributed by atoms with Gasteiger partial charge in [0.2, 0.25) is 5.91 Å². The van der Waals surface area contributed by atoms with Crippen LogP contribution in [0.5, 0.6) is 0 Å². The Hall–Kier alpha value is -1.75. The van der Waals surface area contributed by atoms with Crippen molar-refractivity contribution in [2.24, 2.45) is 0 Å². The van der Waals surface area contributed by atoms with Crippen LogP contribution in [0.15, 0.2) is 35.9 Å². The average molecular weight is 320 g/mol. The Labute approximate surface area is 136 Å². The highest BCUT2D eigenvalue weighted by Gasteiger charge is 2.09. The summed E-state index contributed by atoms with van der Waals surface area (Å²) in [5.74, 6) is 0.717. The minimum Gasteiger partial charge on any atom is -0.349 e. The largest absolute Gasteiger partial charge is 0.349 e. The van der Waals surface area contributed by atoms with Gasteiger partial charge in [0.1, 0.15) is 0 Å². The summed E-state index contributed by atoms with van der Waals surface area (Å²) in [5, 5.41) is 5.76. The fraction of sp³-hybridized carbons (Fsp3) is 0.412. The van der Waals surface area contributed by atoms with E-state index in [0.29, 0.717) is 12.1 Å². The molecule has 0 saturated heterocycles. The van der Waals surface area contributed by atoms with E-state index >= 15 is 0 Å². The highest BCUT2D eigenvalue weighted by Crippen LogP contribution is 2.06. The molecule has 120 valence electrons. The Bertz CT molecular complexity index is 534. The predicted molar refractivity (Wildman–Crippen MR) is 93.0 cm³/mol. The first-order valence-corrected chi connectivity index (χ1v) is 8.63. The first kappa shape index (κ1) is 18.3. The van der Waals surface area contributed by atoms with Crippen LogP contribution in [0.1, 0.15) is 36.7 Å². The number of benzene rings is 1. The van der Waals surface area contributed by atoms with Gasteiger partial charge in [-0.05, 0) is 44.7 Å². The van der Waals surface area contributed by atoms with E-state index in [1.165, 1.54) is 0 Å². The van der Waals surface area contributed by atoms with Gasteiger partial charge in [0.25, 0.3) is 5.91 Å². The van der Waals surface area contributed by atoms with Crippen molar-refractivity contribution in [3.05, 3.63) is 47.0 Å². The molecule has 1 rings (SSSR count). The zero-order valence-corrected chi connectivity index (χ0v) is 14.4. The van der Waals surface area contributed by atoms with Crippen molar-refractivity contribution < 1.29 is 9.59 Å². The molecule has 0 fully saturated rings. The van der Waals surface area contributed by atoms with Crippen molar-refractivity contribution in [1.82, 2.24) is 10.6 Å². The van der Waals surface area contributed by atoms with Gasteiger partial charge >= 0.3 is 0 Å². The third-order valence-electron chi connectivity index (χ3n) is 2.90. The molecule has 0 aliphatic carbocycles. The normalized spacial score (nSPS) is 11.5. The van der Waals surface area contributed by atoms with Crippen LogP contribution in [0.3, 0.4) is 0 Å². The van der Waals surface area contributed by atoms with Crippen LogP contribution in [-0.2, 0) is 11.3 Å². The molecular formula is C17H24N2O2S. The van der Waals surface area contributed by atoms with Gasteiger partial charge in [-0.3, -0.25) is 9.59 Å². The zero-order valence-electron chi connectivity index (χ0n) is 13.6. The molecule has 0 aromatic heterocycles. The van der Waals surface area contributed by atoms with Crippen LogP contribution in [0.2, 0.25) is 0 Å². The molecule has 1 unspecified atom stereocenters. The summed E-state index contributed by atoms with van der Waals surface area (Å²) < 4.78 is 0. The summed E-state index contributed by atoms with van der Waals surface area (Å²) in [5.41, 5.74) is 2.56. The fourth-order valence-electron chi connectivity index (χ4n) is 1.88. The molecule has 5 heteroatoms. The number of allylic oxidation sites excluding steroid dienone is 1. The van der Waals surface area contributed by atoms with Gasteiger partial charge in [-0.2, -0.15) is 11.8 Å². The molecule has 1 atom stereocenters. The lowest BCUT2D eigenvalue weighted by atomic mass is 10.1. The van der Waals surface area contributed by atoms with E-state index in [-0.39, 0.29) is 17.9 Å². The zero-order chi connectivity index (χ0) is 16.5. The Morgan fingerprint density at radius 1 is 1.23 bits per heavy atom. The minimum absolute atomic E-state index is 0.0679. The van der Waals surface area contributed by atoms with Gasteiger partial charge in [0.05, 0.1) is 0 Å². The Balaban J connectivity index is 2.54. The molecule has 2 amide bonds. The molecule has 0 bridgehead atoms. The summed E-state index contributed by atoms with van der Waals surface area (Å²) in [6.45, 7) is 6.20. The monoisotopic (exact) mass is 320 g/mol. The third-order valence-corrected chi connectivity index (χ3v) is 3.73. The van der Waals surface area contributed by atoms with E-state index in [2.05, 4.69) is 10.6 Å². The van der Waals surface area contributed by atoms with Gasteiger partial charge in [0.15, 0.2) is 0 Å². The van der Waals surface area contributed by atoms with Crippen LogP contribution in [0.25, 0.3) is 0 Å². The lowest BCUT2D eigenvalue weighted by Crippen LogP contribution is -2.34. The van der Waals surface area contributed by atoms with Crippen molar-refractivity contribution in [1.29, 1.82) is 0 Å². The van der Waals surface area contributed by atoms with Gasteiger partial charge < -0.3 is 10.6 Å². The lowest BCUT2D eigenvalue weighted by molar-refractivity contribution is -0.116. The molecule has 2 N–H and O–H groups in total. The second-order valence-corrected chi connectivity index (χ2v) is 6.38. The molecule has 0 radical (unpaired) electrons. The van der Waals surface area contributed by atoms with Gasteiger partial charge in [0, 0.05) is 30.0 Å². The average Bonchev–Trinajstić information content (AvgIpc) is 2.45. The van der Waals surface area contributed by atoms with E-state index in [4.69, 9.17) is 0 Å². The first-order valence-electron chi connectivity index (χ1n) is 7.24. The quantitative estimate of drug-likeness (QED) is 0.760.